The second-order valence-electron chi connectivity index (χ2n) is 6.46. The summed E-state index contributed by atoms with van der Waals surface area (Å²) in [7, 11) is 1.92. The Morgan fingerprint density at radius 1 is 1.35 bits per heavy atom. The third-order valence-corrected chi connectivity index (χ3v) is 4.47. The van der Waals surface area contributed by atoms with Crippen LogP contribution in [0.2, 0.25) is 0 Å². The van der Waals surface area contributed by atoms with E-state index in [9.17, 15) is 4.79 Å². The molecule has 4 rings (SSSR count). The van der Waals surface area contributed by atoms with Gasteiger partial charge in [-0.2, -0.15) is 5.10 Å². The fraction of sp³-hybridized carbons (Fsp3) is 0.389. The summed E-state index contributed by atoms with van der Waals surface area (Å²) < 4.78 is 13.1. The molecule has 0 spiro atoms. The first-order valence-electron chi connectivity index (χ1n) is 8.68. The van der Waals surface area contributed by atoms with Crippen LogP contribution in [0.4, 0.5) is 4.79 Å². The number of H-pyrrole nitrogens is 1. The number of rotatable bonds is 0. The molecule has 1 atom stereocenters. The van der Waals surface area contributed by atoms with Crippen LogP contribution in [0.25, 0.3) is 22.3 Å². The quantitative estimate of drug-likeness (QED) is 0.646. The molecule has 1 aliphatic rings. The van der Waals surface area contributed by atoms with E-state index in [1.165, 1.54) is 0 Å². The molecule has 2 N–H and O–H groups in total. The van der Waals surface area contributed by atoms with Crippen molar-refractivity contribution in [2.75, 3.05) is 13.2 Å². The molecule has 1 aromatic carbocycles. The molecule has 8 heteroatoms. The van der Waals surface area contributed by atoms with Gasteiger partial charge in [-0.15, -0.1) is 0 Å². The Labute approximate surface area is 150 Å². The Morgan fingerprint density at radius 3 is 3.12 bits per heavy atom. The summed E-state index contributed by atoms with van der Waals surface area (Å²) in [4.78, 5) is 16.4. The lowest BCUT2D eigenvalue weighted by atomic mass is 10.1. The number of nitrogens with one attached hydrogen (secondary N) is 2. The standard InChI is InChI=1S/C18H21N5O3/c1-11-5-7-19-18(24)25-8-6-16-20-15(10-23(16)2)17-13-9-12(26-11)3-4-14(13)21-22-17/h3-4,9-11H,5-8H2,1-2H3,(H,19,24)(H,21,22)/t11-/m1/s1. The molecule has 0 saturated carbocycles. The number of nitrogens with zero attached hydrogens (tertiary/aromatic N) is 3. The SMILES string of the molecule is C[C@@H]1CCNC(=O)OCCc2nc(cn2C)-c2n[nH]c3ccc(cc23)O1. The Morgan fingerprint density at radius 2 is 2.23 bits per heavy atom. The molecule has 0 radical (unpaired) electrons. The Balaban J connectivity index is 1.74. The maximum Gasteiger partial charge on any atom is 0.407 e. The van der Waals surface area contributed by atoms with Gasteiger partial charge in [0.15, 0.2) is 0 Å². The molecule has 26 heavy (non-hydrogen) atoms. The van der Waals surface area contributed by atoms with E-state index in [0.717, 1.165) is 33.9 Å². The highest BCUT2D eigenvalue weighted by atomic mass is 16.5. The number of cyclic esters (lactones) is 1. The number of carbonyl (C=O) groups is 1. The number of aromatic amines is 1. The Bertz CT molecular complexity index is 946. The van der Waals surface area contributed by atoms with Crippen molar-refractivity contribution in [3.63, 3.8) is 0 Å². The van der Waals surface area contributed by atoms with Crippen LogP contribution < -0.4 is 10.1 Å². The number of benzene rings is 1. The number of fused-ring (bicyclic) bond motifs is 4. The third-order valence-electron chi connectivity index (χ3n) is 4.47. The summed E-state index contributed by atoms with van der Waals surface area (Å²) in [6, 6.07) is 5.85. The number of carbonyl (C=O) groups excluding carboxylic acids is 1. The number of imidazole rings is 1. The van der Waals surface area contributed by atoms with Crippen molar-refractivity contribution in [1.29, 1.82) is 0 Å². The molecule has 3 aromatic rings. The van der Waals surface area contributed by atoms with E-state index in [1.54, 1.807) is 0 Å². The topological polar surface area (TPSA) is 94.1 Å². The van der Waals surface area contributed by atoms with E-state index in [4.69, 9.17) is 9.47 Å². The summed E-state index contributed by atoms with van der Waals surface area (Å²) >= 11 is 0. The van der Waals surface area contributed by atoms with Crippen LogP contribution in [0.3, 0.4) is 0 Å². The number of amides is 1. The zero-order valence-electron chi connectivity index (χ0n) is 14.8. The van der Waals surface area contributed by atoms with E-state index >= 15 is 0 Å². The summed E-state index contributed by atoms with van der Waals surface area (Å²) in [5, 5.41) is 11.2. The van der Waals surface area contributed by atoms with Gasteiger partial charge in [-0.1, -0.05) is 0 Å². The molecule has 0 unspecified atom stereocenters. The van der Waals surface area contributed by atoms with Gasteiger partial charge in [-0.25, -0.2) is 9.78 Å². The first-order valence-corrected chi connectivity index (χ1v) is 8.68. The minimum absolute atomic E-state index is 0.0440. The van der Waals surface area contributed by atoms with Crippen LogP contribution in [0.15, 0.2) is 24.4 Å². The molecule has 136 valence electrons. The molecule has 3 heterocycles. The van der Waals surface area contributed by atoms with Gasteiger partial charge >= 0.3 is 6.09 Å². The van der Waals surface area contributed by atoms with Crippen LogP contribution in [0.1, 0.15) is 19.2 Å². The normalized spacial score (nSPS) is 18.4. The van der Waals surface area contributed by atoms with Crippen LogP contribution in [-0.4, -0.2) is 45.1 Å². The van der Waals surface area contributed by atoms with E-state index in [0.29, 0.717) is 19.4 Å². The van der Waals surface area contributed by atoms with E-state index in [2.05, 4.69) is 20.5 Å². The Kier molecular flexibility index (Phi) is 4.24. The maximum atomic E-state index is 11.7. The number of hydrogen-bond donors (Lipinski definition) is 2. The highest BCUT2D eigenvalue weighted by molar-refractivity contribution is 5.92. The highest BCUT2D eigenvalue weighted by Crippen LogP contribution is 2.29. The Hall–Kier alpha value is -3.03. The van der Waals surface area contributed by atoms with Gasteiger partial charge in [-0.05, 0) is 25.1 Å². The van der Waals surface area contributed by atoms with Gasteiger partial charge in [0.05, 0.1) is 11.6 Å². The monoisotopic (exact) mass is 355 g/mol. The van der Waals surface area contributed by atoms with Crippen LogP contribution >= 0.6 is 0 Å². The average Bonchev–Trinajstić information content (AvgIpc) is 3.17. The number of hydrogen-bond acceptors (Lipinski definition) is 5. The predicted octanol–water partition coefficient (Wildman–Crippen LogP) is 2.40. The van der Waals surface area contributed by atoms with Crippen LogP contribution in [-0.2, 0) is 18.2 Å². The molecular formula is C18H21N5O3. The summed E-state index contributed by atoms with van der Waals surface area (Å²) in [5.74, 6) is 1.59. The lowest BCUT2D eigenvalue weighted by molar-refractivity contribution is 0.144. The van der Waals surface area contributed by atoms with Gasteiger partial charge in [0, 0.05) is 38.0 Å². The van der Waals surface area contributed by atoms with Crippen molar-refractivity contribution in [3.8, 4) is 17.1 Å². The lowest BCUT2D eigenvalue weighted by Crippen LogP contribution is -2.29. The summed E-state index contributed by atoms with van der Waals surface area (Å²) in [6.07, 6.45) is 2.69. The molecule has 0 saturated heterocycles. The molecular weight excluding hydrogens is 334 g/mol. The zero-order valence-corrected chi connectivity index (χ0v) is 14.8. The van der Waals surface area contributed by atoms with Crippen molar-refractivity contribution in [2.24, 2.45) is 7.05 Å². The molecule has 2 aromatic heterocycles. The van der Waals surface area contributed by atoms with E-state index in [1.807, 2.05) is 42.9 Å². The fourth-order valence-corrected chi connectivity index (χ4v) is 3.07. The molecule has 1 amide bonds. The molecule has 4 bridgehead atoms. The van der Waals surface area contributed by atoms with Crippen molar-refractivity contribution in [3.05, 3.63) is 30.2 Å². The second kappa shape index (κ2) is 6.70. The first-order chi connectivity index (χ1) is 12.6. The minimum atomic E-state index is -0.422. The van der Waals surface area contributed by atoms with Crippen LogP contribution in [0, 0.1) is 0 Å². The molecule has 0 fully saturated rings. The van der Waals surface area contributed by atoms with Gasteiger partial charge in [0.25, 0.3) is 0 Å². The summed E-state index contributed by atoms with van der Waals surface area (Å²) in [6.45, 7) is 2.74. The van der Waals surface area contributed by atoms with Gasteiger partial charge in [0.2, 0.25) is 0 Å². The minimum Gasteiger partial charge on any atom is -0.491 e. The number of aryl methyl sites for hydroxylation is 1. The van der Waals surface area contributed by atoms with Gasteiger partial charge < -0.3 is 19.4 Å². The van der Waals surface area contributed by atoms with E-state index < -0.39 is 6.09 Å². The number of ether oxygens (including phenoxy) is 2. The van der Waals surface area contributed by atoms with Gasteiger partial charge in [-0.3, -0.25) is 5.10 Å². The van der Waals surface area contributed by atoms with Crippen molar-refractivity contribution in [2.45, 2.75) is 25.9 Å². The predicted molar refractivity (Wildman–Crippen MR) is 96.1 cm³/mol. The number of aromatic nitrogens is 4. The van der Waals surface area contributed by atoms with Crippen molar-refractivity contribution in [1.82, 2.24) is 25.1 Å². The maximum absolute atomic E-state index is 11.7. The highest BCUT2D eigenvalue weighted by Gasteiger charge is 2.16. The fourth-order valence-electron chi connectivity index (χ4n) is 3.07. The zero-order chi connectivity index (χ0) is 18.1. The second-order valence-corrected chi connectivity index (χ2v) is 6.46. The third kappa shape index (κ3) is 3.22. The molecule has 1 aliphatic heterocycles. The lowest BCUT2D eigenvalue weighted by Gasteiger charge is -2.15. The smallest absolute Gasteiger partial charge is 0.407 e. The first kappa shape index (κ1) is 16.4. The number of alkyl carbamates (subject to hydrolysis) is 1. The van der Waals surface area contributed by atoms with Gasteiger partial charge in [0.1, 0.15) is 29.6 Å². The van der Waals surface area contributed by atoms with Crippen molar-refractivity contribution < 1.29 is 14.3 Å². The van der Waals surface area contributed by atoms with Crippen molar-refractivity contribution >= 4 is 17.0 Å². The average molecular weight is 355 g/mol. The van der Waals surface area contributed by atoms with Crippen LogP contribution in [0.5, 0.6) is 5.75 Å². The molecule has 8 nitrogen and oxygen atoms in total. The van der Waals surface area contributed by atoms with E-state index in [-0.39, 0.29) is 12.7 Å². The largest absolute Gasteiger partial charge is 0.491 e. The molecule has 0 aliphatic carbocycles. The summed E-state index contributed by atoms with van der Waals surface area (Å²) in [5.41, 5.74) is 2.49.